The largest absolute Gasteiger partial charge is 0.385 e. The lowest BCUT2D eigenvalue weighted by Crippen LogP contribution is -2.07. The van der Waals surface area contributed by atoms with Crippen LogP contribution in [0.3, 0.4) is 0 Å². The van der Waals surface area contributed by atoms with Gasteiger partial charge in [0.1, 0.15) is 10.6 Å². The van der Waals surface area contributed by atoms with Gasteiger partial charge in [0.25, 0.3) is 0 Å². The summed E-state index contributed by atoms with van der Waals surface area (Å²) in [6.07, 6.45) is 2.12. The predicted octanol–water partition coefficient (Wildman–Crippen LogP) is 2.88. The first-order valence-electron chi connectivity index (χ1n) is 6.43. The first-order valence-corrected chi connectivity index (χ1v) is 7.25. The molecule has 2 heterocycles. The minimum absolute atomic E-state index is 0.661. The van der Waals surface area contributed by atoms with E-state index < -0.39 is 0 Å². The Morgan fingerprint density at radius 2 is 2.16 bits per heavy atom. The highest BCUT2D eigenvalue weighted by atomic mass is 32.1. The number of fused-ring (bicyclic) bond motifs is 1. The second kappa shape index (κ2) is 6.68. The van der Waals surface area contributed by atoms with Crippen LogP contribution in [0.4, 0.5) is 11.8 Å². The van der Waals surface area contributed by atoms with Gasteiger partial charge >= 0.3 is 0 Å². The summed E-state index contributed by atoms with van der Waals surface area (Å²) in [6.45, 7) is 3.79. The zero-order valence-corrected chi connectivity index (χ0v) is 12.4. The van der Waals surface area contributed by atoms with E-state index in [2.05, 4.69) is 33.6 Å². The number of methoxy groups -OCH3 is 1. The molecule has 0 radical (unpaired) electrons. The van der Waals surface area contributed by atoms with E-state index in [1.54, 1.807) is 18.4 Å². The molecule has 0 bridgehead atoms. The third-order valence-electron chi connectivity index (χ3n) is 2.81. The number of hydrogen-bond donors (Lipinski definition) is 2. The molecular weight excluding hydrogens is 260 g/mol. The molecule has 2 aromatic heterocycles. The Hall–Kier alpha value is -1.40. The van der Waals surface area contributed by atoms with Gasteiger partial charge < -0.3 is 15.4 Å². The zero-order chi connectivity index (χ0) is 13.7. The number of hydrogen-bond acceptors (Lipinski definition) is 6. The molecule has 0 fully saturated rings. The van der Waals surface area contributed by atoms with Gasteiger partial charge in [0, 0.05) is 32.2 Å². The summed E-state index contributed by atoms with van der Waals surface area (Å²) in [5, 5.41) is 7.50. The maximum Gasteiger partial charge on any atom is 0.225 e. The Balaban J connectivity index is 2.11. The second-order valence-electron chi connectivity index (χ2n) is 4.35. The van der Waals surface area contributed by atoms with Gasteiger partial charge in [-0.1, -0.05) is 0 Å². The zero-order valence-electron chi connectivity index (χ0n) is 11.6. The smallest absolute Gasteiger partial charge is 0.225 e. The van der Waals surface area contributed by atoms with Crippen molar-refractivity contribution in [3.8, 4) is 0 Å². The van der Waals surface area contributed by atoms with Crippen molar-refractivity contribution in [1.82, 2.24) is 9.97 Å². The molecule has 0 atom stereocenters. The van der Waals surface area contributed by atoms with Crippen molar-refractivity contribution < 1.29 is 4.74 Å². The van der Waals surface area contributed by atoms with Gasteiger partial charge in [0.05, 0.1) is 5.39 Å². The number of anilines is 2. The maximum atomic E-state index is 5.04. The molecule has 2 aromatic rings. The van der Waals surface area contributed by atoms with Crippen LogP contribution in [-0.2, 0) is 4.74 Å². The second-order valence-corrected chi connectivity index (χ2v) is 5.58. The number of nitrogens with one attached hydrogen (secondary N) is 2. The molecule has 2 rings (SSSR count). The van der Waals surface area contributed by atoms with E-state index in [9.17, 15) is 0 Å². The quantitative estimate of drug-likeness (QED) is 0.764. The minimum Gasteiger partial charge on any atom is -0.385 e. The number of aromatic nitrogens is 2. The summed E-state index contributed by atoms with van der Waals surface area (Å²) in [4.78, 5) is 11.2. The van der Waals surface area contributed by atoms with Gasteiger partial charge in [-0.15, -0.1) is 11.3 Å². The van der Waals surface area contributed by atoms with Gasteiger partial charge in [-0.2, -0.15) is 4.98 Å². The molecule has 0 aliphatic heterocycles. The molecule has 0 aliphatic rings. The molecule has 0 aromatic carbocycles. The fourth-order valence-corrected chi connectivity index (χ4v) is 2.75. The predicted molar refractivity (Wildman–Crippen MR) is 81.3 cm³/mol. The van der Waals surface area contributed by atoms with Crippen molar-refractivity contribution in [3.63, 3.8) is 0 Å². The number of aryl methyl sites for hydroxylation is 1. The maximum absolute atomic E-state index is 5.04. The van der Waals surface area contributed by atoms with Crippen LogP contribution in [0.1, 0.15) is 17.7 Å². The Morgan fingerprint density at radius 3 is 2.89 bits per heavy atom. The number of thiophene rings is 1. The molecule has 104 valence electrons. The highest BCUT2D eigenvalue weighted by molar-refractivity contribution is 7.18. The van der Waals surface area contributed by atoms with Crippen LogP contribution in [0.2, 0.25) is 0 Å². The fourth-order valence-electron chi connectivity index (χ4n) is 1.87. The van der Waals surface area contributed by atoms with Crippen LogP contribution in [0.25, 0.3) is 10.2 Å². The van der Waals surface area contributed by atoms with Crippen molar-refractivity contribution in [1.29, 1.82) is 0 Å². The number of nitrogens with zero attached hydrogens (tertiary/aromatic N) is 2. The van der Waals surface area contributed by atoms with E-state index in [0.717, 1.165) is 42.0 Å². The molecule has 0 saturated carbocycles. The van der Waals surface area contributed by atoms with Gasteiger partial charge in [-0.3, -0.25) is 0 Å². The molecule has 0 saturated heterocycles. The van der Waals surface area contributed by atoms with Gasteiger partial charge in [0.15, 0.2) is 0 Å². The Labute approximate surface area is 117 Å². The monoisotopic (exact) mass is 280 g/mol. The van der Waals surface area contributed by atoms with Crippen molar-refractivity contribution in [2.75, 3.05) is 37.9 Å². The first kappa shape index (κ1) is 14.0. The van der Waals surface area contributed by atoms with E-state index in [1.165, 1.54) is 4.88 Å². The SMILES string of the molecule is CNc1nc(NCCCCOC)c2cc(C)sc2n1. The van der Waals surface area contributed by atoms with Crippen LogP contribution in [0, 0.1) is 6.92 Å². The Bertz CT molecular complexity index is 541. The van der Waals surface area contributed by atoms with Crippen LogP contribution in [0.5, 0.6) is 0 Å². The van der Waals surface area contributed by atoms with E-state index in [0.29, 0.717) is 5.95 Å². The molecule has 2 N–H and O–H groups in total. The highest BCUT2D eigenvalue weighted by Gasteiger charge is 2.09. The van der Waals surface area contributed by atoms with E-state index in [-0.39, 0.29) is 0 Å². The van der Waals surface area contributed by atoms with Crippen molar-refractivity contribution in [2.45, 2.75) is 19.8 Å². The van der Waals surface area contributed by atoms with E-state index >= 15 is 0 Å². The summed E-state index contributed by atoms with van der Waals surface area (Å²) in [5.74, 6) is 1.57. The molecule has 0 unspecified atom stereocenters. The summed E-state index contributed by atoms with van der Waals surface area (Å²) >= 11 is 1.69. The average molecular weight is 280 g/mol. The molecule has 0 spiro atoms. The number of unbranched alkanes of at least 4 members (excludes halogenated alkanes) is 1. The van der Waals surface area contributed by atoms with Crippen LogP contribution >= 0.6 is 11.3 Å². The lowest BCUT2D eigenvalue weighted by molar-refractivity contribution is 0.194. The molecule has 5 nitrogen and oxygen atoms in total. The normalized spacial score (nSPS) is 10.9. The third-order valence-corrected chi connectivity index (χ3v) is 3.75. The number of rotatable bonds is 7. The molecular formula is C13H20N4OS. The van der Waals surface area contributed by atoms with Gasteiger partial charge in [-0.25, -0.2) is 4.98 Å². The van der Waals surface area contributed by atoms with Crippen molar-refractivity contribution in [3.05, 3.63) is 10.9 Å². The standard InChI is InChI=1S/C13H20N4OS/c1-9-8-10-11(15-6-4-5-7-18-3)16-13(14-2)17-12(10)19-9/h8H,4-7H2,1-3H3,(H2,14,15,16,17). The van der Waals surface area contributed by atoms with Crippen LogP contribution in [0.15, 0.2) is 6.07 Å². The Kier molecular flexibility index (Phi) is 4.93. The summed E-state index contributed by atoms with van der Waals surface area (Å²) < 4.78 is 5.04. The van der Waals surface area contributed by atoms with Gasteiger partial charge in [-0.05, 0) is 25.8 Å². The summed E-state index contributed by atoms with van der Waals surface area (Å²) in [6, 6.07) is 2.14. The van der Waals surface area contributed by atoms with Crippen molar-refractivity contribution in [2.24, 2.45) is 0 Å². The molecule has 6 heteroatoms. The molecule has 19 heavy (non-hydrogen) atoms. The third kappa shape index (κ3) is 3.54. The lowest BCUT2D eigenvalue weighted by atomic mass is 10.3. The lowest BCUT2D eigenvalue weighted by Gasteiger charge is -2.08. The van der Waals surface area contributed by atoms with E-state index in [1.807, 2.05) is 7.05 Å². The average Bonchev–Trinajstić information content (AvgIpc) is 2.78. The topological polar surface area (TPSA) is 59.1 Å². The fraction of sp³-hybridized carbons (Fsp3) is 0.538. The summed E-state index contributed by atoms with van der Waals surface area (Å²) in [7, 11) is 3.57. The first-order chi connectivity index (χ1) is 9.24. The molecule has 0 aliphatic carbocycles. The summed E-state index contributed by atoms with van der Waals surface area (Å²) in [5.41, 5.74) is 0. The van der Waals surface area contributed by atoms with E-state index in [4.69, 9.17) is 4.74 Å². The van der Waals surface area contributed by atoms with Crippen molar-refractivity contribution >= 4 is 33.3 Å². The minimum atomic E-state index is 0.661. The molecule has 0 amide bonds. The van der Waals surface area contributed by atoms with Gasteiger partial charge in [0.2, 0.25) is 5.95 Å². The highest BCUT2D eigenvalue weighted by Crippen LogP contribution is 2.29. The van der Waals surface area contributed by atoms with Crippen LogP contribution in [-0.4, -0.2) is 37.3 Å². The van der Waals surface area contributed by atoms with Crippen LogP contribution < -0.4 is 10.6 Å². The Morgan fingerprint density at radius 1 is 1.32 bits per heavy atom. The number of ether oxygens (including phenoxy) is 1.